The highest BCUT2D eigenvalue weighted by molar-refractivity contribution is 5.81. The minimum absolute atomic E-state index is 0.125. The van der Waals surface area contributed by atoms with Gasteiger partial charge in [-0.05, 0) is 29.8 Å². The number of nitrogens with zero attached hydrogens (tertiary/aromatic N) is 3. The summed E-state index contributed by atoms with van der Waals surface area (Å²) in [6, 6.07) is 6.38. The van der Waals surface area contributed by atoms with Gasteiger partial charge in [0.25, 0.3) is 5.91 Å². The van der Waals surface area contributed by atoms with Gasteiger partial charge < -0.3 is 23.5 Å². The number of pyridine rings is 1. The lowest BCUT2D eigenvalue weighted by Gasteiger charge is -2.36. The number of esters is 1. The van der Waals surface area contributed by atoms with Crippen LogP contribution in [0.3, 0.4) is 0 Å². The van der Waals surface area contributed by atoms with Crippen LogP contribution in [0.1, 0.15) is 35.5 Å². The molecule has 0 bridgehead atoms. The van der Waals surface area contributed by atoms with Gasteiger partial charge >= 0.3 is 12.1 Å². The van der Waals surface area contributed by atoms with Gasteiger partial charge in [0.1, 0.15) is 5.65 Å². The van der Waals surface area contributed by atoms with Gasteiger partial charge in [0.05, 0.1) is 37.2 Å². The molecule has 0 N–H and O–H groups in total. The van der Waals surface area contributed by atoms with Gasteiger partial charge in [0.15, 0.2) is 18.1 Å². The van der Waals surface area contributed by atoms with Crippen LogP contribution < -0.4 is 9.47 Å². The van der Waals surface area contributed by atoms with E-state index in [1.54, 1.807) is 22.6 Å². The van der Waals surface area contributed by atoms with Crippen molar-refractivity contribution in [2.45, 2.75) is 25.6 Å². The third kappa shape index (κ3) is 4.25. The third-order valence-electron chi connectivity index (χ3n) is 5.67. The molecule has 1 unspecified atom stereocenters. The molecular formula is C23H22F3N3O5. The fourth-order valence-corrected chi connectivity index (χ4v) is 4.14. The number of halogens is 3. The van der Waals surface area contributed by atoms with Gasteiger partial charge in [-0.15, -0.1) is 0 Å². The maximum absolute atomic E-state index is 13.3. The summed E-state index contributed by atoms with van der Waals surface area (Å²) in [5, 5.41) is 0. The molecule has 3 heterocycles. The molecule has 1 amide bonds. The maximum Gasteiger partial charge on any atom is 0.416 e. The lowest BCUT2D eigenvalue weighted by molar-refractivity contribution is -0.151. The number of benzene rings is 1. The minimum Gasteiger partial charge on any atom is -0.493 e. The normalized spacial score (nSPS) is 15.7. The predicted octanol–water partition coefficient (Wildman–Crippen LogP) is 3.41. The van der Waals surface area contributed by atoms with Crippen molar-refractivity contribution in [3.8, 4) is 11.5 Å². The van der Waals surface area contributed by atoms with Gasteiger partial charge in [-0.25, -0.2) is 4.98 Å². The molecule has 0 aliphatic carbocycles. The average Bonchev–Trinajstić information content (AvgIpc) is 3.18. The summed E-state index contributed by atoms with van der Waals surface area (Å²) in [4.78, 5) is 30.2. The Hall–Kier alpha value is -3.76. The van der Waals surface area contributed by atoms with Crippen molar-refractivity contribution in [3.63, 3.8) is 0 Å². The lowest BCUT2D eigenvalue weighted by Crippen LogP contribution is -2.43. The quantitative estimate of drug-likeness (QED) is 0.524. The highest BCUT2D eigenvalue weighted by atomic mass is 19.4. The Bertz CT molecular complexity index is 1250. The Balaban J connectivity index is 1.87. The molecule has 34 heavy (non-hydrogen) atoms. The van der Waals surface area contributed by atoms with E-state index in [0.717, 1.165) is 12.1 Å². The molecule has 180 valence electrons. The number of alkyl halides is 3. The molecule has 0 fully saturated rings. The van der Waals surface area contributed by atoms with E-state index in [1.165, 1.54) is 32.2 Å². The maximum atomic E-state index is 13.3. The molecule has 0 saturated heterocycles. The molecule has 1 aromatic carbocycles. The van der Waals surface area contributed by atoms with E-state index in [0.29, 0.717) is 34.9 Å². The van der Waals surface area contributed by atoms with E-state index >= 15 is 0 Å². The minimum atomic E-state index is -4.51. The van der Waals surface area contributed by atoms with E-state index < -0.39 is 36.3 Å². The van der Waals surface area contributed by atoms with Crippen molar-refractivity contribution in [2.24, 2.45) is 0 Å². The zero-order chi connectivity index (χ0) is 24.6. The molecule has 0 saturated carbocycles. The summed E-state index contributed by atoms with van der Waals surface area (Å²) >= 11 is 0. The van der Waals surface area contributed by atoms with Crippen LogP contribution in [0.15, 0.2) is 36.5 Å². The number of aromatic nitrogens is 2. The van der Waals surface area contributed by atoms with Crippen LogP contribution in [0.2, 0.25) is 0 Å². The first-order chi connectivity index (χ1) is 16.1. The van der Waals surface area contributed by atoms with E-state index in [4.69, 9.17) is 14.2 Å². The topological polar surface area (TPSA) is 82.4 Å². The van der Waals surface area contributed by atoms with Crippen LogP contribution in [-0.4, -0.2) is 53.5 Å². The Labute approximate surface area is 192 Å². The Kier molecular flexibility index (Phi) is 6.11. The number of rotatable bonds is 5. The molecule has 1 aliphatic heterocycles. The molecule has 3 aromatic rings. The number of carbonyl (C=O) groups is 2. The number of hydrogen-bond donors (Lipinski definition) is 0. The standard InChI is InChI=1S/C23H22F3N3O5/c1-13(30)34-12-20(31)29-9-7-16-22(21(29)14-4-5-17(32-2)18(10-14)33-3)28-8-6-15(23(24,25)26)11-19(28)27-16/h4-6,8,10-11,21H,7,9,12H2,1-3H3. The Morgan fingerprint density at radius 3 is 2.50 bits per heavy atom. The van der Waals surface area contributed by atoms with Crippen LogP contribution in [0, 0.1) is 0 Å². The van der Waals surface area contributed by atoms with Crippen LogP contribution in [0.5, 0.6) is 11.5 Å². The fraction of sp³-hybridized carbons (Fsp3) is 0.348. The second kappa shape index (κ2) is 8.88. The molecule has 0 radical (unpaired) electrons. The van der Waals surface area contributed by atoms with E-state index in [1.807, 2.05) is 0 Å². The molecule has 1 aliphatic rings. The van der Waals surface area contributed by atoms with Crippen molar-refractivity contribution in [3.05, 3.63) is 59.0 Å². The largest absolute Gasteiger partial charge is 0.493 e. The fourth-order valence-electron chi connectivity index (χ4n) is 4.14. The molecule has 2 aromatic heterocycles. The first-order valence-electron chi connectivity index (χ1n) is 10.4. The van der Waals surface area contributed by atoms with Crippen LogP contribution >= 0.6 is 0 Å². The number of amides is 1. The third-order valence-corrected chi connectivity index (χ3v) is 5.67. The van der Waals surface area contributed by atoms with Gasteiger partial charge in [-0.2, -0.15) is 13.2 Å². The van der Waals surface area contributed by atoms with Crippen molar-refractivity contribution in [1.82, 2.24) is 14.3 Å². The van der Waals surface area contributed by atoms with E-state index in [-0.39, 0.29) is 12.2 Å². The number of carbonyl (C=O) groups excluding carboxylic acids is 2. The van der Waals surface area contributed by atoms with Crippen molar-refractivity contribution >= 4 is 17.5 Å². The van der Waals surface area contributed by atoms with Crippen LogP contribution in [0.25, 0.3) is 5.65 Å². The molecule has 1 atom stereocenters. The summed E-state index contributed by atoms with van der Waals surface area (Å²) in [7, 11) is 2.97. The predicted molar refractivity (Wildman–Crippen MR) is 114 cm³/mol. The lowest BCUT2D eigenvalue weighted by atomic mass is 9.95. The van der Waals surface area contributed by atoms with E-state index in [2.05, 4.69) is 4.98 Å². The Morgan fingerprint density at radius 1 is 1.12 bits per heavy atom. The molecule has 11 heteroatoms. The number of imidazole rings is 1. The first kappa shape index (κ1) is 23.4. The summed E-state index contributed by atoms with van der Waals surface area (Å²) < 4.78 is 56.9. The number of methoxy groups -OCH3 is 2. The van der Waals surface area contributed by atoms with Crippen LogP contribution in [0.4, 0.5) is 13.2 Å². The summed E-state index contributed by atoms with van der Waals surface area (Å²) in [6.07, 6.45) is -2.88. The number of ether oxygens (including phenoxy) is 3. The highest BCUT2D eigenvalue weighted by Gasteiger charge is 2.37. The van der Waals surface area contributed by atoms with Gasteiger partial charge in [0.2, 0.25) is 0 Å². The van der Waals surface area contributed by atoms with Crippen molar-refractivity contribution in [1.29, 1.82) is 0 Å². The molecule has 8 nitrogen and oxygen atoms in total. The average molecular weight is 477 g/mol. The zero-order valence-corrected chi connectivity index (χ0v) is 18.7. The summed E-state index contributed by atoms with van der Waals surface area (Å²) in [5.74, 6) is -0.133. The highest BCUT2D eigenvalue weighted by Crippen LogP contribution is 2.40. The second-order valence-corrected chi connectivity index (χ2v) is 7.72. The van der Waals surface area contributed by atoms with Crippen LogP contribution in [-0.2, 0) is 26.9 Å². The molecular weight excluding hydrogens is 455 g/mol. The van der Waals surface area contributed by atoms with E-state index in [9.17, 15) is 22.8 Å². The SMILES string of the molecule is COc1ccc(C2c3c(nc4cc(C(F)(F)F)ccn34)CCN2C(=O)COC(C)=O)cc1OC. The number of fused-ring (bicyclic) bond motifs is 3. The zero-order valence-electron chi connectivity index (χ0n) is 18.7. The number of hydrogen-bond acceptors (Lipinski definition) is 6. The van der Waals surface area contributed by atoms with Crippen molar-refractivity contribution in [2.75, 3.05) is 27.4 Å². The smallest absolute Gasteiger partial charge is 0.416 e. The second-order valence-electron chi connectivity index (χ2n) is 7.72. The monoisotopic (exact) mass is 477 g/mol. The van der Waals surface area contributed by atoms with Crippen molar-refractivity contribution < 1.29 is 37.0 Å². The molecule has 4 rings (SSSR count). The Morgan fingerprint density at radius 2 is 1.85 bits per heavy atom. The van der Waals surface area contributed by atoms with Gasteiger partial charge in [0, 0.05) is 26.1 Å². The van der Waals surface area contributed by atoms with Gasteiger partial charge in [-0.3, -0.25) is 9.59 Å². The van der Waals surface area contributed by atoms with Gasteiger partial charge in [-0.1, -0.05) is 6.07 Å². The first-order valence-corrected chi connectivity index (χ1v) is 10.4. The summed E-state index contributed by atoms with van der Waals surface area (Å²) in [5.41, 5.74) is 1.08. The summed E-state index contributed by atoms with van der Waals surface area (Å²) in [6.45, 7) is 0.988. The molecule has 0 spiro atoms.